The number of para-hydroxylation sites is 1. The predicted octanol–water partition coefficient (Wildman–Crippen LogP) is 6.49. The molecule has 0 bridgehead atoms. The summed E-state index contributed by atoms with van der Waals surface area (Å²) >= 11 is 0. The van der Waals surface area contributed by atoms with Gasteiger partial charge in [0.25, 0.3) is 6.43 Å². The highest BCUT2D eigenvalue weighted by Gasteiger charge is 2.22. The van der Waals surface area contributed by atoms with Gasteiger partial charge in [0.15, 0.2) is 5.65 Å². The second-order valence-electron chi connectivity index (χ2n) is 6.96. The quantitative estimate of drug-likeness (QED) is 0.355. The minimum absolute atomic E-state index is 0.0439. The molecule has 3 aromatic carbocycles. The van der Waals surface area contributed by atoms with Gasteiger partial charge >= 0.3 is 0 Å². The Morgan fingerprint density at radius 1 is 0.862 bits per heavy atom. The van der Waals surface area contributed by atoms with E-state index in [0.29, 0.717) is 22.4 Å². The van der Waals surface area contributed by atoms with Crippen LogP contribution in [0.25, 0.3) is 38.8 Å². The van der Waals surface area contributed by atoms with Gasteiger partial charge in [-0.1, -0.05) is 60.7 Å². The molecule has 5 heteroatoms. The Hall–Kier alpha value is -3.60. The van der Waals surface area contributed by atoms with Crippen LogP contribution in [0.1, 0.15) is 17.7 Å². The molecule has 0 atom stereocenters. The van der Waals surface area contributed by atoms with Crippen LogP contribution in [0.2, 0.25) is 0 Å². The number of aryl methyl sites for hydroxylation is 1. The van der Waals surface area contributed by atoms with Crippen LogP contribution in [0, 0.1) is 6.92 Å². The zero-order valence-corrected chi connectivity index (χ0v) is 15.7. The Kier molecular flexibility index (Phi) is 4.09. The fourth-order valence-corrected chi connectivity index (χ4v) is 3.83. The van der Waals surface area contributed by atoms with E-state index < -0.39 is 6.43 Å². The number of nitrogens with zero attached hydrogens (tertiary/aromatic N) is 3. The Morgan fingerprint density at radius 3 is 2.38 bits per heavy atom. The third-order valence-corrected chi connectivity index (χ3v) is 5.14. The molecule has 0 unspecified atom stereocenters. The minimum Gasteiger partial charge on any atom is -0.228 e. The van der Waals surface area contributed by atoms with E-state index >= 15 is 0 Å². The molecule has 142 valence electrons. The van der Waals surface area contributed by atoms with Gasteiger partial charge in [-0.2, -0.15) is 5.10 Å². The maximum absolute atomic E-state index is 14.0. The maximum Gasteiger partial charge on any atom is 0.264 e. The average Bonchev–Trinajstić information content (AvgIpc) is 3.09. The third kappa shape index (κ3) is 2.86. The summed E-state index contributed by atoms with van der Waals surface area (Å²) in [5.74, 6) is 0. The number of benzene rings is 3. The molecule has 0 amide bonds. The Labute approximate surface area is 166 Å². The number of aromatic nitrogens is 3. The standard InChI is InChI=1S/C24H17F2N3/c1-15-22-20(23(25)26)14-21(19-13-7-9-16-8-5-6-12-18(16)19)27-24(22)29(28-15)17-10-3-2-4-11-17/h2-14,23H,1H3. The molecule has 0 spiro atoms. The highest BCUT2D eigenvalue weighted by molar-refractivity contribution is 5.97. The van der Waals surface area contributed by atoms with Gasteiger partial charge in [-0.05, 0) is 35.9 Å². The number of pyridine rings is 1. The van der Waals surface area contributed by atoms with Gasteiger partial charge in [-0.25, -0.2) is 18.4 Å². The van der Waals surface area contributed by atoms with Gasteiger partial charge in [-0.3, -0.25) is 0 Å². The van der Waals surface area contributed by atoms with E-state index in [2.05, 4.69) is 5.10 Å². The molecular weight excluding hydrogens is 368 g/mol. The van der Waals surface area contributed by atoms with Crippen molar-refractivity contribution in [1.29, 1.82) is 0 Å². The van der Waals surface area contributed by atoms with Crippen molar-refractivity contribution in [3.8, 4) is 16.9 Å². The van der Waals surface area contributed by atoms with Crippen LogP contribution in [-0.2, 0) is 0 Å². The first kappa shape index (κ1) is 17.5. The molecule has 0 saturated heterocycles. The summed E-state index contributed by atoms with van der Waals surface area (Å²) in [7, 11) is 0. The van der Waals surface area contributed by atoms with Crippen LogP contribution in [0.3, 0.4) is 0 Å². The molecule has 2 aromatic heterocycles. The second kappa shape index (κ2) is 6.78. The van der Waals surface area contributed by atoms with E-state index in [1.807, 2.05) is 72.8 Å². The van der Waals surface area contributed by atoms with Gasteiger partial charge in [0.05, 0.1) is 22.5 Å². The summed E-state index contributed by atoms with van der Waals surface area (Å²) in [4.78, 5) is 4.80. The van der Waals surface area contributed by atoms with E-state index in [9.17, 15) is 8.78 Å². The Balaban J connectivity index is 1.86. The van der Waals surface area contributed by atoms with Crippen LogP contribution in [0.5, 0.6) is 0 Å². The summed E-state index contributed by atoms with van der Waals surface area (Å²) < 4.78 is 29.7. The average molecular weight is 385 g/mol. The SMILES string of the molecule is Cc1nn(-c2ccccc2)c2nc(-c3cccc4ccccc34)cc(C(F)F)c12. The molecule has 5 rings (SSSR count). The lowest BCUT2D eigenvalue weighted by Gasteiger charge is -2.11. The molecule has 29 heavy (non-hydrogen) atoms. The van der Waals surface area contributed by atoms with Gasteiger partial charge in [0.2, 0.25) is 0 Å². The fraction of sp³-hybridized carbons (Fsp3) is 0.0833. The lowest BCUT2D eigenvalue weighted by atomic mass is 10.00. The van der Waals surface area contributed by atoms with E-state index in [4.69, 9.17) is 4.98 Å². The van der Waals surface area contributed by atoms with Crippen molar-refractivity contribution in [2.75, 3.05) is 0 Å². The Morgan fingerprint density at radius 2 is 1.59 bits per heavy atom. The van der Waals surface area contributed by atoms with Gasteiger partial charge < -0.3 is 0 Å². The van der Waals surface area contributed by atoms with Gasteiger partial charge in [0.1, 0.15) is 0 Å². The van der Waals surface area contributed by atoms with E-state index in [0.717, 1.165) is 22.0 Å². The number of hydrogen-bond acceptors (Lipinski definition) is 2. The molecule has 0 N–H and O–H groups in total. The molecule has 0 aliphatic carbocycles. The fourth-order valence-electron chi connectivity index (χ4n) is 3.83. The lowest BCUT2D eigenvalue weighted by molar-refractivity contribution is 0.153. The van der Waals surface area contributed by atoms with Gasteiger partial charge in [-0.15, -0.1) is 0 Å². The van der Waals surface area contributed by atoms with Gasteiger partial charge in [0, 0.05) is 11.1 Å². The van der Waals surface area contributed by atoms with Crippen molar-refractivity contribution < 1.29 is 8.78 Å². The highest BCUT2D eigenvalue weighted by Crippen LogP contribution is 2.35. The van der Waals surface area contributed by atoms with Crippen LogP contribution in [0.15, 0.2) is 78.9 Å². The van der Waals surface area contributed by atoms with E-state index in [1.54, 1.807) is 11.6 Å². The molecule has 0 fully saturated rings. The molecule has 2 heterocycles. The molecule has 0 aliphatic rings. The number of halogens is 2. The summed E-state index contributed by atoms with van der Waals surface area (Å²) in [5, 5.41) is 6.95. The molecular formula is C24H17F2N3. The summed E-state index contributed by atoms with van der Waals surface area (Å²) in [6.45, 7) is 1.74. The smallest absolute Gasteiger partial charge is 0.228 e. The molecule has 5 aromatic rings. The van der Waals surface area contributed by atoms with Crippen molar-refractivity contribution >= 4 is 21.8 Å². The first-order chi connectivity index (χ1) is 14.1. The number of hydrogen-bond donors (Lipinski definition) is 0. The maximum atomic E-state index is 14.0. The van der Waals surface area contributed by atoms with Crippen molar-refractivity contribution in [1.82, 2.24) is 14.8 Å². The van der Waals surface area contributed by atoms with Crippen molar-refractivity contribution in [2.45, 2.75) is 13.3 Å². The second-order valence-corrected chi connectivity index (χ2v) is 6.96. The first-order valence-corrected chi connectivity index (χ1v) is 9.35. The summed E-state index contributed by atoms with van der Waals surface area (Å²) in [5.41, 5.74) is 3.06. The van der Waals surface area contributed by atoms with E-state index in [-0.39, 0.29) is 5.56 Å². The molecule has 0 radical (unpaired) electrons. The monoisotopic (exact) mass is 385 g/mol. The number of rotatable bonds is 3. The molecule has 0 aliphatic heterocycles. The zero-order chi connectivity index (χ0) is 20.0. The molecule has 3 nitrogen and oxygen atoms in total. The number of fused-ring (bicyclic) bond motifs is 2. The number of alkyl halides is 2. The third-order valence-electron chi connectivity index (χ3n) is 5.14. The van der Waals surface area contributed by atoms with Crippen LogP contribution < -0.4 is 0 Å². The first-order valence-electron chi connectivity index (χ1n) is 9.35. The van der Waals surface area contributed by atoms with Crippen LogP contribution >= 0.6 is 0 Å². The summed E-state index contributed by atoms with van der Waals surface area (Å²) in [6, 6.07) is 24.7. The lowest BCUT2D eigenvalue weighted by Crippen LogP contribution is -1.99. The summed E-state index contributed by atoms with van der Waals surface area (Å²) in [6.07, 6.45) is -2.62. The Bertz CT molecular complexity index is 1340. The highest BCUT2D eigenvalue weighted by atomic mass is 19.3. The van der Waals surface area contributed by atoms with Crippen molar-refractivity contribution in [3.63, 3.8) is 0 Å². The topological polar surface area (TPSA) is 30.7 Å². The minimum atomic E-state index is -2.62. The normalized spacial score (nSPS) is 11.6. The molecule has 0 saturated carbocycles. The largest absolute Gasteiger partial charge is 0.264 e. The van der Waals surface area contributed by atoms with Crippen LogP contribution in [-0.4, -0.2) is 14.8 Å². The zero-order valence-electron chi connectivity index (χ0n) is 15.7. The van der Waals surface area contributed by atoms with E-state index in [1.165, 1.54) is 6.07 Å². The predicted molar refractivity (Wildman–Crippen MR) is 112 cm³/mol. The van der Waals surface area contributed by atoms with Crippen LogP contribution in [0.4, 0.5) is 8.78 Å². The van der Waals surface area contributed by atoms with Crippen molar-refractivity contribution in [2.24, 2.45) is 0 Å². The van der Waals surface area contributed by atoms with Crippen molar-refractivity contribution in [3.05, 3.63) is 90.1 Å².